The molecule has 2 aliphatic carbocycles. The second-order valence-corrected chi connectivity index (χ2v) is 5.65. The summed E-state index contributed by atoms with van der Waals surface area (Å²) in [6.45, 7) is 1.30. The van der Waals surface area contributed by atoms with E-state index in [-0.39, 0.29) is 0 Å². The van der Waals surface area contributed by atoms with Gasteiger partial charge in [0, 0.05) is 6.54 Å². The molecule has 2 nitrogen and oxygen atoms in total. The Labute approximate surface area is 110 Å². The summed E-state index contributed by atoms with van der Waals surface area (Å²) >= 11 is 0. The van der Waals surface area contributed by atoms with Crippen LogP contribution in [0.5, 0.6) is 0 Å². The normalized spacial score (nSPS) is 20.5. The van der Waals surface area contributed by atoms with E-state index in [1.54, 1.807) is 11.1 Å². The van der Waals surface area contributed by atoms with E-state index < -0.39 is 0 Å². The molecule has 98 valence electrons. The van der Waals surface area contributed by atoms with Gasteiger partial charge in [-0.2, -0.15) is 0 Å². The van der Waals surface area contributed by atoms with Gasteiger partial charge in [-0.05, 0) is 61.1 Å². The zero-order valence-electron chi connectivity index (χ0n) is 11.0. The molecule has 1 aromatic rings. The molecule has 0 bridgehead atoms. The van der Waals surface area contributed by atoms with Crippen LogP contribution in [-0.2, 0) is 17.6 Å². The van der Waals surface area contributed by atoms with Gasteiger partial charge in [-0.15, -0.1) is 0 Å². The first-order chi connectivity index (χ1) is 8.88. The van der Waals surface area contributed by atoms with Gasteiger partial charge in [0.15, 0.2) is 0 Å². The van der Waals surface area contributed by atoms with E-state index in [0.29, 0.717) is 19.3 Å². The van der Waals surface area contributed by atoms with Crippen LogP contribution in [0.2, 0.25) is 0 Å². The molecule has 0 amide bonds. The minimum atomic E-state index is 0.292. The topological polar surface area (TPSA) is 35.2 Å². The maximum atomic E-state index is 5.97. The molecule has 0 heterocycles. The molecular weight excluding hydrogens is 222 g/mol. The van der Waals surface area contributed by atoms with Gasteiger partial charge in [-0.25, -0.2) is 0 Å². The van der Waals surface area contributed by atoms with Crippen LogP contribution in [-0.4, -0.2) is 13.2 Å². The number of ether oxygens (including phenoxy) is 1. The SMILES string of the molecule is NCCOC(c1ccc2c(c1)CCCC2)C1CC1. The van der Waals surface area contributed by atoms with Gasteiger partial charge in [0.1, 0.15) is 0 Å². The molecule has 0 saturated heterocycles. The number of aryl methyl sites for hydroxylation is 2. The Morgan fingerprint density at radius 3 is 2.67 bits per heavy atom. The van der Waals surface area contributed by atoms with Crippen molar-refractivity contribution in [2.24, 2.45) is 11.7 Å². The fourth-order valence-corrected chi connectivity index (χ4v) is 3.03. The summed E-state index contributed by atoms with van der Waals surface area (Å²) in [5.41, 5.74) is 10.1. The monoisotopic (exact) mass is 245 g/mol. The summed E-state index contributed by atoms with van der Waals surface area (Å²) in [5, 5.41) is 0. The standard InChI is InChI=1S/C16H23NO/c17-9-10-18-16(13-6-7-13)15-8-5-12-3-1-2-4-14(12)11-15/h5,8,11,13,16H,1-4,6-7,9-10,17H2. The lowest BCUT2D eigenvalue weighted by molar-refractivity contribution is 0.0424. The summed E-state index contributed by atoms with van der Waals surface area (Å²) in [6.07, 6.45) is 8.11. The zero-order valence-corrected chi connectivity index (χ0v) is 11.0. The third kappa shape index (κ3) is 2.60. The summed E-state index contributed by atoms with van der Waals surface area (Å²) in [4.78, 5) is 0. The van der Waals surface area contributed by atoms with Crippen molar-refractivity contribution in [2.75, 3.05) is 13.2 Å². The van der Waals surface area contributed by atoms with Crippen LogP contribution in [0.3, 0.4) is 0 Å². The average Bonchev–Trinajstić information content (AvgIpc) is 3.24. The van der Waals surface area contributed by atoms with Gasteiger partial charge in [0.05, 0.1) is 12.7 Å². The number of benzene rings is 1. The van der Waals surface area contributed by atoms with E-state index >= 15 is 0 Å². The fourth-order valence-electron chi connectivity index (χ4n) is 3.03. The van der Waals surface area contributed by atoms with E-state index in [9.17, 15) is 0 Å². The molecule has 2 heteroatoms. The molecule has 0 spiro atoms. The lowest BCUT2D eigenvalue weighted by Crippen LogP contribution is -2.15. The lowest BCUT2D eigenvalue weighted by atomic mass is 9.89. The van der Waals surface area contributed by atoms with Gasteiger partial charge in [0.2, 0.25) is 0 Å². The summed E-state index contributed by atoms with van der Waals surface area (Å²) in [6, 6.07) is 7.00. The van der Waals surface area contributed by atoms with E-state index in [4.69, 9.17) is 10.5 Å². The van der Waals surface area contributed by atoms with Crippen molar-refractivity contribution in [3.8, 4) is 0 Å². The Morgan fingerprint density at radius 1 is 1.17 bits per heavy atom. The van der Waals surface area contributed by atoms with Gasteiger partial charge >= 0.3 is 0 Å². The van der Waals surface area contributed by atoms with Crippen LogP contribution in [0.1, 0.15) is 48.5 Å². The van der Waals surface area contributed by atoms with Crippen LogP contribution in [0.4, 0.5) is 0 Å². The first-order valence-electron chi connectivity index (χ1n) is 7.32. The Bertz CT molecular complexity index is 412. The van der Waals surface area contributed by atoms with Gasteiger partial charge in [-0.1, -0.05) is 18.2 Å². The summed E-state index contributed by atoms with van der Waals surface area (Å²) in [7, 11) is 0. The molecule has 1 atom stereocenters. The Balaban J connectivity index is 1.80. The zero-order chi connectivity index (χ0) is 12.4. The molecular formula is C16H23NO. The van der Waals surface area contributed by atoms with Crippen LogP contribution in [0.15, 0.2) is 18.2 Å². The molecule has 18 heavy (non-hydrogen) atoms. The molecule has 1 saturated carbocycles. The minimum absolute atomic E-state index is 0.292. The Hall–Kier alpha value is -0.860. The molecule has 1 fully saturated rings. The molecule has 0 radical (unpaired) electrons. The van der Waals surface area contributed by atoms with Crippen molar-refractivity contribution < 1.29 is 4.74 Å². The number of fused-ring (bicyclic) bond motifs is 1. The summed E-state index contributed by atoms with van der Waals surface area (Å²) < 4.78 is 5.97. The molecule has 2 aliphatic rings. The van der Waals surface area contributed by atoms with Crippen LogP contribution >= 0.6 is 0 Å². The van der Waals surface area contributed by atoms with Crippen molar-refractivity contribution in [3.63, 3.8) is 0 Å². The number of rotatable bonds is 5. The van der Waals surface area contributed by atoms with E-state index in [2.05, 4.69) is 18.2 Å². The maximum absolute atomic E-state index is 5.97. The highest BCUT2D eigenvalue weighted by Gasteiger charge is 2.33. The predicted octanol–water partition coefficient (Wildman–Crippen LogP) is 2.99. The van der Waals surface area contributed by atoms with E-state index in [1.807, 2.05) is 0 Å². The number of hydrogen-bond donors (Lipinski definition) is 1. The molecule has 3 rings (SSSR count). The average molecular weight is 245 g/mol. The Morgan fingerprint density at radius 2 is 1.94 bits per heavy atom. The second-order valence-electron chi connectivity index (χ2n) is 5.65. The first kappa shape index (κ1) is 12.2. The van der Waals surface area contributed by atoms with Gasteiger partial charge in [0.25, 0.3) is 0 Å². The molecule has 1 unspecified atom stereocenters. The number of nitrogens with two attached hydrogens (primary N) is 1. The highest BCUT2D eigenvalue weighted by atomic mass is 16.5. The first-order valence-corrected chi connectivity index (χ1v) is 7.32. The van der Waals surface area contributed by atoms with Gasteiger partial charge < -0.3 is 10.5 Å². The number of hydrogen-bond acceptors (Lipinski definition) is 2. The van der Waals surface area contributed by atoms with E-state index in [0.717, 1.165) is 5.92 Å². The fraction of sp³-hybridized carbons (Fsp3) is 0.625. The molecule has 0 aliphatic heterocycles. The van der Waals surface area contributed by atoms with Gasteiger partial charge in [-0.3, -0.25) is 0 Å². The van der Waals surface area contributed by atoms with Crippen molar-refractivity contribution in [2.45, 2.75) is 44.6 Å². The van der Waals surface area contributed by atoms with E-state index in [1.165, 1.54) is 44.1 Å². The van der Waals surface area contributed by atoms with Crippen LogP contribution in [0.25, 0.3) is 0 Å². The smallest absolute Gasteiger partial charge is 0.0853 e. The van der Waals surface area contributed by atoms with Crippen LogP contribution in [0, 0.1) is 5.92 Å². The minimum Gasteiger partial charge on any atom is -0.372 e. The molecule has 2 N–H and O–H groups in total. The highest BCUT2D eigenvalue weighted by molar-refractivity contribution is 5.35. The van der Waals surface area contributed by atoms with Crippen molar-refractivity contribution in [3.05, 3.63) is 34.9 Å². The largest absolute Gasteiger partial charge is 0.372 e. The second kappa shape index (κ2) is 5.41. The van der Waals surface area contributed by atoms with Crippen molar-refractivity contribution in [1.29, 1.82) is 0 Å². The maximum Gasteiger partial charge on any atom is 0.0853 e. The summed E-state index contributed by atoms with van der Waals surface area (Å²) in [5.74, 6) is 0.734. The Kier molecular flexibility index (Phi) is 3.67. The van der Waals surface area contributed by atoms with Crippen molar-refractivity contribution >= 4 is 0 Å². The highest BCUT2D eigenvalue weighted by Crippen LogP contribution is 2.43. The van der Waals surface area contributed by atoms with Crippen LogP contribution < -0.4 is 5.73 Å². The third-order valence-corrected chi connectivity index (χ3v) is 4.17. The third-order valence-electron chi connectivity index (χ3n) is 4.17. The quantitative estimate of drug-likeness (QED) is 0.865. The lowest BCUT2D eigenvalue weighted by Gasteiger charge is -2.21. The molecule has 0 aromatic heterocycles. The van der Waals surface area contributed by atoms with Crippen molar-refractivity contribution in [1.82, 2.24) is 0 Å². The predicted molar refractivity (Wildman–Crippen MR) is 73.6 cm³/mol. The molecule has 1 aromatic carbocycles.